The van der Waals surface area contributed by atoms with Crippen LogP contribution in [0.1, 0.15) is 31.7 Å². The maximum absolute atomic E-state index is 6.06. The van der Waals surface area contributed by atoms with Crippen molar-refractivity contribution in [3.8, 4) is 0 Å². The molecule has 1 aromatic rings. The van der Waals surface area contributed by atoms with Crippen LogP contribution in [0.2, 0.25) is 0 Å². The van der Waals surface area contributed by atoms with Crippen molar-refractivity contribution >= 4 is 0 Å². The number of piperidine rings is 1. The molecule has 4 nitrogen and oxygen atoms in total. The average molecular weight is 265 g/mol. The number of furan rings is 1. The molecule has 0 N–H and O–H groups in total. The molecule has 2 fully saturated rings. The SMILES string of the molecule is CCO[C@H]1COC2(CCN(Cc3ccoc3)CC2)C1. The molecule has 0 amide bonds. The Balaban J connectivity index is 1.49. The van der Waals surface area contributed by atoms with Crippen LogP contribution in [0.15, 0.2) is 23.0 Å². The van der Waals surface area contributed by atoms with Crippen LogP contribution in [0.4, 0.5) is 0 Å². The van der Waals surface area contributed by atoms with Crippen LogP contribution in [-0.2, 0) is 16.0 Å². The van der Waals surface area contributed by atoms with E-state index in [1.165, 1.54) is 5.56 Å². The Morgan fingerprint density at radius 2 is 2.26 bits per heavy atom. The summed E-state index contributed by atoms with van der Waals surface area (Å²) < 4.78 is 16.9. The highest BCUT2D eigenvalue weighted by Gasteiger charge is 2.42. The van der Waals surface area contributed by atoms with Gasteiger partial charge in [0.2, 0.25) is 0 Å². The first-order chi connectivity index (χ1) is 9.30. The van der Waals surface area contributed by atoms with Gasteiger partial charge in [0.25, 0.3) is 0 Å². The molecule has 2 aliphatic rings. The van der Waals surface area contributed by atoms with E-state index in [0.717, 1.165) is 52.1 Å². The quantitative estimate of drug-likeness (QED) is 0.837. The number of hydrogen-bond acceptors (Lipinski definition) is 4. The minimum atomic E-state index is 0.0900. The summed E-state index contributed by atoms with van der Waals surface area (Å²) in [6.07, 6.45) is 7.20. The van der Waals surface area contributed by atoms with Crippen LogP contribution in [0, 0.1) is 0 Å². The summed E-state index contributed by atoms with van der Waals surface area (Å²) in [7, 11) is 0. The van der Waals surface area contributed by atoms with Crippen molar-refractivity contribution in [1.29, 1.82) is 0 Å². The molecule has 1 atom stereocenters. The van der Waals surface area contributed by atoms with Crippen molar-refractivity contribution in [3.05, 3.63) is 24.2 Å². The summed E-state index contributed by atoms with van der Waals surface area (Å²) in [5.74, 6) is 0. The molecular formula is C15H23NO3. The van der Waals surface area contributed by atoms with Crippen molar-refractivity contribution in [2.24, 2.45) is 0 Å². The molecule has 3 rings (SSSR count). The second kappa shape index (κ2) is 5.65. The summed E-state index contributed by atoms with van der Waals surface area (Å²) in [4.78, 5) is 2.48. The minimum absolute atomic E-state index is 0.0900. The molecule has 2 aliphatic heterocycles. The largest absolute Gasteiger partial charge is 0.472 e. The zero-order valence-electron chi connectivity index (χ0n) is 11.6. The first kappa shape index (κ1) is 13.2. The Bertz CT molecular complexity index is 382. The van der Waals surface area contributed by atoms with Gasteiger partial charge in [-0.05, 0) is 25.8 Å². The van der Waals surface area contributed by atoms with Gasteiger partial charge >= 0.3 is 0 Å². The van der Waals surface area contributed by atoms with Crippen LogP contribution in [-0.4, -0.2) is 42.9 Å². The van der Waals surface area contributed by atoms with Gasteiger partial charge in [0, 0.05) is 38.2 Å². The van der Waals surface area contributed by atoms with E-state index in [1.807, 2.05) is 12.3 Å². The first-order valence-corrected chi connectivity index (χ1v) is 7.29. The predicted octanol–water partition coefficient (Wildman–Crippen LogP) is 2.44. The van der Waals surface area contributed by atoms with Gasteiger partial charge in [0.1, 0.15) is 0 Å². The molecule has 2 saturated heterocycles. The van der Waals surface area contributed by atoms with Gasteiger partial charge in [-0.1, -0.05) is 0 Å². The smallest absolute Gasteiger partial charge is 0.0947 e. The van der Waals surface area contributed by atoms with Crippen molar-refractivity contribution in [3.63, 3.8) is 0 Å². The molecule has 1 spiro atoms. The molecular weight excluding hydrogens is 242 g/mol. The van der Waals surface area contributed by atoms with E-state index < -0.39 is 0 Å². The molecule has 0 saturated carbocycles. The molecule has 4 heteroatoms. The van der Waals surface area contributed by atoms with E-state index in [4.69, 9.17) is 13.9 Å². The van der Waals surface area contributed by atoms with E-state index in [9.17, 15) is 0 Å². The zero-order valence-corrected chi connectivity index (χ0v) is 11.6. The fourth-order valence-electron chi connectivity index (χ4n) is 3.25. The van der Waals surface area contributed by atoms with Crippen molar-refractivity contribution in [2.45, 2.75) is 44.4 Å². The lowest BCUT2D eigenvalue weighted by Crippen LogP contribution is -2.43. The van der Waals surface area contributed by atoms with Crippen molar-refractivity contribution in [2.75, 3.05) is 26.3 Å². The summed E-state index contributed by atoms with van der Waals surface area (Å²) in [5, 5.41) is 0. The number of rotatable bonds is 4. The zero-order chi connectivity index (χ0) is 13.1. The first-order valence-electron chi connectivity index (χ1n) is 7.29. The predicted molar refractivity (Wildman–Crippen MR) is 71.9 cm³/mol. The lowest BCUT2D eigenvalue weighted by Gasteiger charge is -2.38. The fraction of sp³-hybridized carbons (Fsp3) is 0.733. The van der Waals surface area contributed by atoms with Crippen LogP contribution >= 0.6 is 0 Å². The van der Waals surface area contributed by atoms with E-state index in [0.29, 0.717) is 6.10 Å². The highest BCUT2D eigenvalue weighted by molar-refractivity contribution is 5.05. The second-order valence-electron chi connectivity index (χ2n) is 5.68. The van der Waals surface area contributed by atoms with Gasteiger partial charge in [0.15, 0.2) is 0 Å². The summed E-state index contributed by atoms with van der Waals surface area (Å²) in [6.45, 7) is 6.81. The summed E-state index contributed by atoms with van der Waals surface area (Å²) >= 11 is 0. The highest BCUT2D eigenvalue weighted by atomic mass is 16.6. The molecule has 0 aromatic carbocycles. The van der Waals surface area contributed by atoms with Gasteiger partial charge in [-0.25, -0.2) is 0 Å². The Labute approximate surface area is 114 Å². The van der Waals surface area contributed by atoms with Gasteiger partial charge in [-0.2, -0.15) is 0 Å². The van der Waals surface area contributed by atoms with Gasteiger partial charge < -0.3 is 13.9 Å². The maximum atomic E-state index is 6.06. The highest BCUT2D eigenvalue weighted by Crippen LogP contribution is 2.37. The number of hydrogen-bond donors (Lipinski definition) is 0. The second-order valence-corrected chi connectivity index (χ2v) is 5.68. The molecule has 0 bridgehead atoms. The monoisotopic (exact) mass is 265 g/mol. The van der Waals surface area contributed by atoms with Crippen LogP contribution in [0.3, 0.4) is 0 Å². The maximum Gasteiger partial charge on any atom is 0.0947 e. The average Bonchev–Trinajstić information content (AvgIpc) is 3.04. The van der Waals surface area contributed by atoms with Crippen LogP contribution in [0.25, 0.3) is 0 Å². The number of ether oxygens (including phenoxy) is 2. The lowest BCUT2D eigenvalue weighted by molar-refractivity contribution is -0.0464. The van der Waals surface area contributed by atoms with E-state index >= 15 is 0 Å². The van der Waals surface area contributed by atoms with E-state index in [1.54, 1.807) is 6.26 Å². The Morgan fingerprint density at radius 3 is 2.95 bits per heavy atom. The van der Waals surface area contributed by atoms with E-state index in [2.05, 4.69) is 11.8 Å². The van der Waals surface area contributed by atoms with Gasteiger partial charge in [-0.15, -0.1) is 0 Å². The fourth-order valence-corrected chi connectivity index (χ4v) is 3.25. The van der Waals surface area contributed by atoms with Gasteiger partial charge in [-0.3, -0.25) is 4.90 Å². The number of likely N-dealkylation sites (tertiary alicyclic amines) is 1. The molecule has 0 unspecified atom stereocenters. The number of nitrogens with zero attached hydrogens (tertiary/aromatic N) is 1. The molecule has 0 radical (unpaired) electrons. The Hall–Kier alpha value is -0.840. The summed E-state index contributed by atoms with van der Waals surface area (Å²) in [6, 6.07) is 2.04. The standard InChI is InChI=1S/C15H23NO3/c1-2-18-14-9-15(19-12-14)4-6-16(7-5-15)10-13-3-8-17-11-13/h3,8,11,14H,2,4-7,9-10,12H2,1H3/t14-/m1/s1. The molecule has 106 valence electrons. The molecule has 0 aliphatic carbocycles. The Kier molecular flexibility index (Phi) is 3.91. The third-order valence-electron chi connectivity index (χ3n) is 4.33. The topological polar surface area (TPSA) is 34.8 Å². The van der Waals surface area contributed by atoms with E-state index in [-0.39, 0.29) is 5.60 Å². The van der Waals surface area contributed by atoms with Crippen LogP contribution in [0.5, 0.6) is 0 Å². The van der Waals surface area contributed by atoms with Crippen molar-refractivity contribution in [1.82, 2.24) is 4.90 Å². The molecule has 1 aromatic heterocycles. The van der Waals surface area contributed by atoms with Gasteiger partial charge in [0.05, 0.1) is 30.8 Å². The van der Waals surface area contributed by atoms with Crippen LogP contribution < -0.4 is 0 Å². The minimum Gasteiger partial charge on any atom is -0.472 e. The lowest BCUT2D eigenvalue weighted by atomic mass is 9.88. The summed E-state index contributed by atoms with van der Waals surface area (Å²) in [5.41, 5.74) is 1.35. The van der Waals surface area contributed by atoms with Crippen molar-refractivity contribution < 1.29 is 13.9 Å². The molecule has 3 heterocycles. The Morgan fingerprint density at radius 1 is 1.42 bits per heavy atom. The normalized spacial score (nSPS) is 27.1. The third kappa shape index (κ3) is 3.02. The third-order valence-corrected chi connectivity index (χ3v) is 4.33. The molecule has 19 heavy (non-hydrogen) atoms.